The van der Waals surface area contributed by atoms with Crippen LogP contribution in [0.2, 0.25) is 0 Å². The Bertz CT molecular complexity index is 291. The van der Waals surface area contributed by atoms with Crippen LogP contribution in [0.1, 0.15) is 33.6 Å². The van der Waals surface area contributed by atoms with Crippen molar-refractivity contribution in [2.75, 3.05) is 18.2 Å². The van der Waals surface area contributed by atoms with E-state index in [0.717, 1.165) is 12.8 Å². The van der Waals surface area contributed by atoms with Crippen LogP contribution in [0.4, 0.5) is 0 Å². The molecule has 0 heterocycles. The van der Waals surface area contributed by atoms with Crippen molar-refractivity contribution < 1.29 is 13.5 Å². The van der Waals surface area contributed by atoms with Gasteiger partial charge < -0.3 is 5.11 Å². The van der Waals surface area contributed by atoms with Gasteiger partial charge in [0, 0.05) is 12.4 Å². The lowest BCUT2D eigenvalue weighted by molar-refractivity contribution is 0.107. The molecule has 0 amide bonds. The third-order valence-corrected chi connectivity index (χ3v) is 5.01. The molecule has 0 bridgehead atoms. The number of hydrogen-bond acceptors (Lipinski definition) is 3. The van der Waals surface area contributed by atoms with Crippen LogP contribution in [0.3, 0.4) is 0 Å². The second kappa shape index (κ2) is 8.29. The van der Waals surface area contributed by atoms with Gasteiger partial charge >= 0.3 is 0 Å². The Labute approximate surface area is 110 Å². The Balaban J connectivity index is 4.17. The molecule has 0 aromatic heterocycles. The topological polar surface area (TPSA) is 66.4 Å². The highest BCUT2D eigenvalue weighted by atomic mass is 35.5. The monoisotopic (exact) mass is 285 g/mol. The van der Waals surface area contributed by atoms with Crippen molar-refractivity contribution in [3.05, 3.63) is 0 Å². The average molecular weight is 286 g/mol. The molecule has 2 N–H and O–H groups in total. The highest BCUT2D eigenvalue weighted by molar-refractivity contribution is 7.89. The predicted molar refractivity (Wildman–Crippen MR) is 71.8 cm³/mol. The van der Waals surface area contributed by atoms with Gasteiger partial charge in [0.05, 0.1) is 11.9 Å². The lowest BCUT2D eigenvalue weighted by Gasteiger charge is -2.20. The molecule has 104 valence electrons. The van der Waals surface area contributed by atoms with Crippen molar-refractivity contribution >= 4 is 21.6 Å². The molecule has 0 fully saturated rings. The van der Waals surface area contributed by atoms with Gasteiger partial charge in [-0.2, -0.15) is 0 Å². The van der Waals surface area contributed by atoms with E-state index in [9.17, 15) is 13.5 Å². The Kier molecular flexibility index (Phi) is 8.37. The lowest BCUT2D eigenvalue weighted by Crippen LogP contribution is -2.38. The van der Waals surface area contributed by atoms with E-state index in [1.807, 2.05) is 13.8 Å². The average Bonchev–Trinajstić information content (AvgIpc) is 2.27. The summed E-state index contributed by atoms with van der Waals surface area (Å²) in [5, 5.41) is 9.81. The number of sulfonamides is 1. The quantitative estimate of drug-likeness (QED) is 0.632. The van der Waals surface area contributed by atoms with Gasteiger partial charge in [0.15, 0.2) is 0 Å². The van der Waals surface area contributed by atoms with E-state index >= 15 is 0 Å². The summed E-state index contributed by atoms with van der Waals surface area (Å²) in [6, 6.07) is 0. The van der Waals surface area contributed by atoms with Crippen LogP contribution < -0.4 is 4.72 Å². The molecule has 2 atom stereocenters. The Morgan fingerprint density at radius 2 is 1.82 bits per heavy atom. The maximum absolute atomic E-state index is 11.6. The summed E-state index contributed by atoms with van der Waals surface area (Å²) >= 11 is 5.57. The number of alkyl halides is 1. The molecule has 0 saturated carbocycles. The standard InChI is InChI=1S/C11H24ClNO3S/c1-4-10(5-2)11(14)7-13-17(15,16)8-9(3)6-12/h9-11,13-14H,4-8H2,1-3H3. The molecule has 0 saturated heterocycles. The zero-order valence-electron chi connectivity index (χ0n) is 10.8. The molecule has 6 heteroatoms. The summed E-state index contributed by atoms with van der Waals surface area (Å²) < 4.78 is 25.7. The first-order chi connectivity index (χ1) is 7.86. The van der Waals surface area contributed by atoms with Gasteiger partial charge in [-0.05, 0) is 11.8 Å². The van der Waals surface area contributed by atoms with Gasteiger partial charge in [0.25, 0.3) is 0 Å². The molecule has 0 aliphatic carbocycles. The van der Waals surface area contributed by atoms with Crippen molar-refractivity contribution in [1.29, 1.82) is 0 Å². The minimum atomic E-state index is -3.33. The molecule has 0 rings (SSSR count). The number of halogens is 1. The number of aliphatic hydroxyl groups is 1. The molecule has 0 radical (unpaired) electrons. The van der Waals surface area contributed by atoms with E-state index in [1.54, 1.807) is 6.92 Å². The Morgan fingerprint density at radius 1 is 1.29 bits per heavy atom. The van der Waals surface area contributed by atoms with E-state index in [0.29, 0.717) is 5.88 Å². The molecule has 0 aromatic carbocycles. The van der Waals surface area contributed by atoms with Gasteiger partial charge in [-0.25, -0.2) is 13.1 Å². The number of hydrogen-bond donors (Lipinski definition) is 2. The van der Waals surface area contributed by atoms with Crippen molar-refractivity contribution in [2.45, 2.75) is 39.7 Å². The summed E-state index contributed by atoms with van der Waals surface area (Å²) in [5.74, 6) is 0.380. The van der Waals surface area contributed by atoms with E-state index in [2.05, 4.69) is 4.72 Å². The van der Waals surface area contributed by atoms with Crippen LogP contribution in [0, 0.1) is 11.8 Å². The summed E-state index contributed by atoms with van der Waals surface area (Å²) in [4.78, 5) is 0. The van der Waals surface area contributed by atoms with Crippen molar-refractivity contribution in [2.24, 2.45) is 11.8 Å². The summed E-state index contributed by atoms with van der Waals surface area (Å²) in [6.07, 6.45) is 1.07. The zero-order chi connectivity index (χ0) is 13.5. The zero-order valence-corrected chi connectivity index (χ0v) is 12.4. The molecular weight excluding hydrogens is 262 g/mol. The first-order valence-electron chi connectivity index (χ1n) is 6.07. The molecule has 0 aliphatic rings. The first-order valence-corrected chi connectivity index (χ1v) is 8.26. The van der Waals surface area contributed by atoms with Crippen LogP contribution >= 0.6 is 11.6 Å². The third kappa shape index (κ3) is 7.24. The molecule has 0 spiro atoms. The summed E-state index contributed by atoms with van der Waals surface area (Å²) in [7, 11) is -3.33. The highest BCUT2D eigenvalue weighted by Crippen LogP contribution is 2.12. The number of aliphatic hydroxyl groups excluding tert-OH is 1. The Hall–Kier alpha value is 0.160. The fourth-order valence-corrected chi connectivity index (χ4v) is 3.34. The largest absolute Gasteiger partial charge is 0.391 e. The van der Waals surface area contributed by atoms with Gasteiger partial charge in [-0.3, -0.25) is 0 Å². The minimum absolute atomic E-state index is 0.00609. The van der Waals surface area contributed by atoms with Crippen LogP contribution in [0.15, 0.2) is 0 Å². The number of rotatable bonds is 9. The van der Waals surface area contributed by atoms with Gasteiger partial charge in [0.2, 0.25) is 10.0 Å². The van der Waals surface area contributed by atoms with E-state index < -0.39 is 16.1 Å². The van der Waals surface area contributed by atoms with E-state index in [4.69, 9.17) is 11.6 Å². The van der Waals surface area contributed by atoms with Gasteiger partial charge in [-0.15, -0.1) is 11.6 Å². The fourth-order valence-electron chi connectivity index (χ4n) is 1.69. The van der Waals surface area contributed by atoms with Crippen LogP contribution in [0.5, 0.6) is 0 Å². The van der Waals surface area contributed by atoms with Crippen molar-refractivity contribution in [1.82, 2.24) is 4.72 Å². The molecular formula is C11H24ClNO3S. The van der Waals surface area contributed by atoms with Crippen molar-refractivity contribution in [3.8, 4) is 0 Å². The van der Waals surface area contributed by atoms with Crippen LogP contribution in [0.25, 0.3) is 0 Å². The van der Waals surface area contributed by atoms with Crippen LogP contribution in [-0.4, -0.2) is 37.8 Å². The van der Waals surface area contributed by atoms with Gasteiger partial charge in [0.1, 0.15) is 0 Å². The van der Waals surface area contributed by atoms with Crippen LogP contribution in [-0.2, 0) is 10.0 Å². The highest BCUT2D eigenvalue weighted by Gasteiger charge is 2.20. The van der Waals surface area contributed by atoms with E-state index in [-0.39, 0.29) is 24.1 Å². The lowest BCUT2D eigenvalue weighted by atomic mass is 9.97. The third-order valence-electron chi connectivity index (χ3n) is 2.87. The minimum Gasteiger partial charge on any atom is -0.391 e. The maximum atomic E-state index is 11.6. The molecule has 0 aromatic rings. The second-order valence-electron chi connectivity index (χ2n) is 4.53. The smallest absolute Gasteiger partial charge is 0.211 e. The Morgan fingerprint density at radius 3 is 2.24 bits per heavy atom. The van der Waals surface area contributed by atoms with Crippen molar-refractivity contribution in [3.63, 3.8) is 0 Å². The summed E-state index contributed by atoms with van der Waals surface area (Å²) in [6.45, 7) is 5.84. The SMILES string of the molecule is CCC(CC)C(O)CNS(=O)(=O)CC(C)CCl. The number of nitrogens with one attached hydrogen (secondary N) is 1. The van der Waals surface area contributed by atoms with E-state index in [1.165, 1.54) is 0 Å². The second-order valence-corrected chi connectivity index (χ2v) is 6.69. The predicted octanol–water partition coefficient (Wildman–Crippen LogP) is 1.58. The molecule has 2 unspecified atom stereocenters. The molecule has 0 aliphatic heterocycles. The molecule has 17 heavy (non-hydrogen) atoms. The first kappa shape index (κ1) is 17.2. The fraction of sp³-hybridized carbons (Fsp3) is 1.00. The maximum Gasteiger partial charge on any atom is 0.211 e. The summed E-state index contributed by atoms with van der Waals surface area (Å²) in [5.41, 5.74) is 0. The normalized spacial score (nSPS) is 16.1. The molecule has 4 nitrogen and oxygen atoms in total. The van der Waals surface area contributed by atoms with Gasteiger partial charge in [-0.1, -0.05) is 33.6 Å².